The summed E-state index contributed by atoms with van der Waals surface area (Å²) in [4.78, 5) is 24.3. The molecule has 0 aliphatic heterocycles. The molecule has 1 heterocycles. The zero-order chi connectivity index (χ0) is 15.4. The molecule has 0 atom stereocenters. The van der Waals surface area contributed by atoms with Gasteiger partial charge >= 0.3 is 5.97 Å². The normalized spacial score (nSPS) is 10.2. The van der Waals surface area contributed by atoms with Crippen molar-refractivity contribution < 1.29 is 19.1 Å². The molecule has 0 bridgehead atoms. The first-order valence-electron chi connectivity index (χ1n) is 6.11. The molecule has 0 spiro atoms. The number of carbonyl (C=O) groups excluding carboxylic acids is 2. The lowest BCUT2D eigenvalue weighted by Gasteiger charge is -2.07. The molecular formula is C15H13BrO4S. The lowest BCUT2D eigenvalue weighted by atomic mass is 10.1. The topological polar surface area (TPSA) is 52.6 Å². The van der Waals surface area contributed by atoms with Crippen LogP contribution in [0.25, 0.3) is 0 Å². The van der Waals surface area contributed by atoms with Gasteiger partial charge in [-0.05, 0) is 52.7 Å². The van der Waals surface area contributed by atoms with Gasteiger partial charge in [0, 0.05) is 0 Å². The molecule has 0 fully saturated rings. The van der Waals surface area contributed by atoms with Crippen molar-refractivity contribution in [2.75, 3.05) is 13.7 Å². The number of aryl methyl sites for hydroxylation is 1. The van der Waals surface area contributed by atoms with Gasteiger partial charge in [-0.3, -0.25) is 4.79 Å². The number of benzene rings is 1. The van der Waals surface area contributed by atoms with Crippen LogP contribution in [0.5, 0.6) is 5.75 Å². The number of ether oxygens (including phenoxy) is 2. The number of methoxy groups -OCH3 is 1. The van der Waals surface area contributed by atoms with Gasteiger partial charge in [0.2, 0.25) is 5.78 Å². The average molecular weight is 369 g/mol. The fraction of sp³-hybridized carbons (Fsp3) is 0.200. The van der Waals surface area contributed by atoms with Crippen molar-refractivity contribution in [2.45, 2.75) is 6.92 Å². The molecule has 2 aromatic rings. The minimum absolute atomic E-state index is 0.224. The molecule has 0 saturated heterocycles. The maximum absolute atomic E-state index is 11.9. The van der Waals surface area contributed by atoms with Gasteiger partial charge in [-0.1, -0.05) is 6.07 Å². The van der Waals surface area contributed by atoms with Crippen LogP contribution in [-0.2, 0) is 4.74 Å². The van der Waals surface area contributed by atoms with E-state index in [4.69, 9.17) is 9.47 Å². The lowest BCUT2D eigenvalue weighted by molar-refractivity contribution is 0.0475. The van der Waals surface area contributed by atoms with E-state index in [1.807, 2.05) is 6.92 Å². The number of hydrogen-bond donors (Lipinski definition) is 0. The van der Waals surface area contributed by atoms with Gasteiger partial charge in [0.05, 0.1) is 21.3 Å². The van der Waals surface area contributed by atoms with Crippen LogP contribution in [0.2, 0.25) is 0 Å². The van der Waals surface area contributed by atoms with Gasteiger partial charge in [-0.2, -0.15) is 0 Å². The summed E-state index contributed by atoms with van der Waals surface area (Å²) in [6.07, 6.45) is 0. The average Bonchev–Trinajstić information content (AvgIpc) is 2.91. The molecule has 4 nitrogen and oxygen atoms in total. The molecule has 6 heteroatoms. The van der Waals surface area contributed by atoms with Crippen LogP contribution in [-0.4, -0.2) is 25.5 Å². The Balaban J connectivity index is 2.00. The highest BCUT2D eigenvalue weighted by atomic mass is 79.9. The maximum atomic E-state index is 11.9. The van der Waals surface area contributed by atoms with Gasteiger partial charge in [-0.15, -0.1) is 11.3 Å². The van der Waals surface area contributed by atoms with Crippen molar-refractivity contribution in [1.82, 2.24) is 0 Å². The Kier molecular flexibility index (Phi) is 5.14. The second kappa shape index (κ2) is 6.87. The molecule has 2 rings (SSSR count). The van der Waals surface area contributed by atoms with Crippen LogP contribution < -0.4 is 4.74 Å². The van der Waals surface area contributed by atoms with E-state index < -0.39 is 5.97 Å². The van der Waals surface area contributed by atoms with Gasteiger partial charge in [0.1, 0.15) is 5.75 Å². The molecule has 0 unspecified atom stereocenters. The second-order valence-electron chi connectivity index (χ2n) is 4.29. The first-order chi connectivity index (χ1) is 10.0. The predicted octanol–water partition coefficient (Wildman–Crippen LogP) is 3.87. The van der Waals surface area contributed by atoms with E-state index in [0.717, 1.165) is 9.35 Å². The first kappa shape index (κ1) is 15.7. The number of carbonyl (C=O) groups is 2. The summed E-state index contributed by atoms with van der Waals surface area (Å²) in [5.74, 6) is -0.159. The molecular weight excluding hydrogens is 356 g/mol. The maximum Gasteiger partial charge on any atom is 0.338 e. The molecule has 110 valence electrons. The van der Waals surface area contributed by atoms with Gasteiger partial charge in [0.15, 0.2) is 6.61 Å². The Labute approximate surface area is 134 Å². The standard InChI is InChI=1S/C15H13BrO4S/c1-9-3-4-10(7-12(9)19-2)15(18)20-8-11(17)13-5-6-14(16)21-13/h3-7H,8H2,1-2H3. The van der Waals surface area contributed by atoms with Crippen LogP contribution in [0, 0.1) is 6.92 Å². The minimum atomic E-state index is -0.544. The zero-order valence-electron chi connectivity index (χ0n) is 11.5. The summed E-state index contributed by atoms with van der Waals surface area (Å²) >= 11 is 4.59. The number of Topliss-reactive ketones (excluding diaryl/α,β-unsaturated/α-hetero) is 1. The van der Waals surface area contributed by atoms with Crippen molar-refractivity contribution in [3.63, 3.8) is 0 Å². The van der Waals surface area contributed by atoms with E-state index in [1.165, 1.54) is 18.4 Å². The van der Waals surface area contributed by atoms with Crippen LogP contribution in [0.3, 0.4) is 0 Å². The molecule has 1 aromatic heterocycles. The monoisotopic (exact) mass is 368 g/mol. The van der Waals surface area contributed by atoms with Crippen molar-refractivity contribution in [3.8, 4) is 5.75 Å². The van der Waals surface area contributed by atoms with Crippen LogP contribution in [0.4, 0.5) is 0 Å². The Morgan fingerprint density at radius 2 is 2.00 bits per heavy atom. The van der Waals surface area contributed by atoms with E-state index in [1.54, 1.807) is 30.3 Å². The molecule has 1 aromatic carbocycles. The Morgan fingerprint density at radius 3 is 2.62 bits per heavy atom. The van der Waals surface area contributed by atoms with Crippen LogP contribution >= 0.6 is 27.3 Å². The Bertz CT molecular complexity index is 678. The highest BCUT2D eigenvalue weighted by Gasteiger charge is 2.14. The first-order valence-corrected chi connectivity index (χ1v) is 7.72. The molecule has 0 radical (unpaired) electrons. The third-order valence-corrected chi connectivity index (χ3v) is 4.49. The zero-order valence-corrected chi connectivity index (χ0v) is 13.9. The van der Waals surface area contributed by atoms with E-state index in [-0.39, 0.29) is 12.4 Å². The Morgan fingerprint density at radius 1 is 1.24 bits per heavy atom. The Hall–Kier alpha value is -1.66. The molecule has 0 amide bonds. The number of thiophene rings is 1. The number of halogens is 1. The SMILES string of the molecule is COc1cc(C(=O)OCC(=O)c2ccc(Br)s2)ccc1C. The summed E-state index contributed by atoms with van der Waals surface area (Å²) in [5, 5.41) is 0. The molecule has 0 N–H and O–H groups in total. The third kappa shape index (κ3) is 3.92. The van der Waals surface area contributed by atoms with Crippen molar-refractivity contribution in [1.29, 1.82) is 0 Å². The van der Waals surface area contributed by atoms with Gasteiger partial charge in [0.25, 0.3) is 0 Å². The van der Waals surface area contributed by atoms with Crippen molar-refractivity contribution >= 4 is 39.0 Å². The van der Waals surface area contributed by atoms with Crippen LogP contribution in [0.15, 0.2) is 34.1 Å². The fourth-order valence-corrected chi connectivity index (χ4v) is 3.01. The summed E-state index contributed by atoms with van der Waals surface area (Å²) in [6.45, 7) is 1.61. The van der Waals surface area contributed by atoms with Gasteiger partial charge in [-0.25, -0.2) is 4.79 Å². The predicted molar refractivity (Wildman–Crippen MR) is 84.4 cm³/mol. The summed E-state index contributed by atoms with van der Waals surface area (Å²) in [7, 11) is 1.54. The minimum Gasteiger partial charge on any atom is -0.496 e. The van der Waals surface area contributed by atoms with Crippen molar-refractivity contribution in [3.05, 3.63) is 50.1 Å². The number of esters is 1. The number of hydrogen-bond acceptors (Lipinski definition) is 5. The van der Waals surface area contributed by atoms with Gasteiger partial charge < -0.3 is 9.47 Å². The molecule has 0 saturated carbocycles. The lowest BCUT2D eigenvalue weighted by Crippen LogP contribution is -2.13. The van der Waals surface area contributed by atoms with E-state index >= 15 is 0 Å². The molecule has 0 aliphatic rings. The second-order valence-corrected chi connectivity index (χ2v) is 6.75. The van der Waals surface area contributed by atoms with E-state index in [9.17, 15) is 9.59 Å². The summed E-state index contributed by atoms with van der Waals surface area (Å²) in [6, 6.07) is 8.49. The smallest absolute Gasteiger partial charge is 0.338 e. The molecule has 21 heavy (non-hydrogen) atoms. The highest BCUT2D eigenvalue weighted by Crippen LogP contribution is 2.23. The number of ketones is 1. The van der Waals surface area contributed by atoms with E-state index in [0.29, 0.717) is 16.2 Å². The third-order valence-electron chi connectivity index (χ3n) is 2.83. The van der Waals surface area contributed by atoms with Crippen molar-refractivity contribution in [2.24, 2.45) is 0 Å². The largest absolute Gasteiger partial charge is 0.496 e. The number of rotatable bonds is 5. The quantitative estimate of drug-likeness (QED) is 0.593. The van der Waals surface area contributed by atoms with E-state index in [2.05, 4.69) is 15.9 Å². The highest BCUT2D eigenvalue weighted by molar-refractivity contribution is 9.11. The fourth-order valence-electron chi connectivity index (χ4n) is 1.70. The summed E-state index contributed by atoms with van der Waals surface area (Å²) in [5.41, 5.74) is 1.28. The summed E-state index contributed by atoms with van der Waals surface area (Å²) < 4.78 is 11.1. The molecule has 0 aliphatic carbocycles. The van der Waals surface area contributed by atoms with Crippen LogP contribution in [0.1, 0.15) is 25.6 Å².